The fourth-order valence-corrected chi connectivity index (χ4v) is 2.90. The Morgan fingerprint density at radius 2 is 1.70 bits per heavy atom. The molecule has 7 nitrogen and oxygen atoms in total. The van der Waals surface area contributed by atoms with Crippen LogP contribution in [0, 0.1) is 0 Å². The Bertz CT molecular complexity index is 632. The van der Waals surface area contributed by atoms with Gasteiger partial charge in [0.05, 0.1) is 13.7 Å². The Hall–Kier alpha value is -1.77. The third kappa shape index (κ3) is 4.39. The summed E-state index contributed by atoms with van der Waals surface area (Å²) in [7, 11) is 4.59. The van der Waals surface area contributed by atoms with Gasteiger partial charge in [-0.1, -0.05) is 18.2 Å². The van der Waals surface area contributed by atoms with Crippen molar-refractivity contribution >= 4 is 6.29 Å². The second-order valence-electron chi connectivity index (χ2n) is 6.46. The number of carbonyl (C=O) groups excluding carboxylic acids is 1. The van der Waals surface area contributed by atoms with Crippen molar-refractivity contribution in [1.29, 1.82) is 0 Å². The highest BCUT2D eigenvalue weighted by Crippen LogP contribution is 2.40. The van der Waals surface area contributed by atoms with E-state index in [-0.39, 0.29) is 6.61 Å². The zero-order chi connectivity index (χ0) is 20.1. The number of benzene rings is 1. The number of ether oxygens (including phenoxy) is 6. The van der Waals surface area contributed by atoms with Crippen molar-refractivity contribution in [1.82, 2.24) is 0 Å². The van der Waals surface area contributed by atoms with Crippen LogP contribution in [0.3, 0.4) is 0 Å². The molecular formula is C20H28O7. The predicted molar refractivity (Wildman–Crippen MR) is 98.4 cm³/mol. The summed E-state index contributed by atoms with van der Waals surface area (Å²) in [5.41, 5.74) is 0.894. The van der Waals surface area contributed by atoms with E-state index in [9.17, 15) is 4.79 Å². The molecule has 2 rings (SSSR count). The number of hydrogen-bond acceptors (Lipinski definition) is 7. The number of rotatable bonds is 9. The molecule has 150 valence electrons. The van der Waals surface area contributed by atoms with E-state index in [1.165, 1.54) is 14.2 Å². The quantitative estimate of drug-likeness (QED) is 0.481. The molecular weight excluding hydrogens is 352 g/mol. The molecule has 1 fully saturated rings. The fourth-order valence-electron chi connectivity index (χ4n) is 2.90. The normalized spacial score (nSPS) is 31.9. The van der Waals surface area contributed by atoms with E-state index < -0.39 is 29.9 Å². The molecule has 0 aliphatic carbocycles. The molecule has 1 aliphatic heterocycles. The summed E-state index contributed by atoms with van der Waals surface area (Å²) in [6, 6.07) is 7.39. The molecule has 0 bridgehead atoms. The van der Waals surface area contributed by atoms with E-state index in [2.05, 4.69) is 6.58 Å². The molecule has 0 radical (unpaired) electrons. The second kappa shape index (κ2) is 8.95. The average molecular weight is 380 g/mol. The van der Waals surface area contributed by atoms with Crippen LogP contribution >= 0.6 is 0 Å². The van der Waals surface area contributed by atoms with Gasteiger partial charge < -0.3 is 33.2 Å². The van der Waals surface area contributed by atoms with E-state index in [0.29, 0.717) is 6.29 Å². The van der Waals surface area contributed by atoms with Gasteiger partial charge in [0.25, 0.3) is 0 Å². The van der Waals surface area contributed by atoms with Gasteiger partial charge in [0.2, 0.25) is 11.6 Å². The lowest BCUT2D eigenvalue weighted by atomic mass is 10.0. The second-order valence-corrected chi connectivity index (χ2v) is 6.46. The molecule has 7 heteroatoms. The first-order valence-corrected chi connectivity index (χ1v) is 8.64. The van der Waals surface area contributed by atoms with Crippen molar-refractivity contribution in [3.8, 4) is 5.75 Å². The van der Waals surface area contributed by atoms with Crippen molar-refractivity contribution < 1.29 is 33.2 Å². The summed E-state index contributed by atoms with van der Waals surface area (Å²) < 4.78 is 34.0. The molecule has 1 aromatic rings. The molecule has 5 atom stereocenters. The van der Waals surface area contributed by atoms with Crippen LogP contribution in [0.1, 0.15) is 19.4 Å². The van der Waals surface area contributed by atoms with Crippen molar-refractivity contribution in [2.45, 2.75) is 50.3 Å². The van der Waals surface area contributed by atoms with Gasteiger partial charge in [-0.25, -0.2) is 0 Å². The first-order chi connectivity index (χ1) is 12.9. The van der Waals surface area contributed by atoms with E-state index in [4.69, 9.17) is 28.4 Å². The topological polar surface area (TPSA) is 72.5 Å². The Labute approximate surface area is 160 Å². The Kier molecular flexibility index (Phi) is 7.13. The molecule has 0 aromatic heterocycles. The summed E-state index contributed by atoms with van der Waals surface area (Å²) in [5.74, 6) is -1.67. The van der Waals surface area contributed by atoms with Crippen LogP contribution < -0.4 is 4.74 Å². The Morgan fingerprint density at radius 3 is 2.19 bits per heavy atom. The molecule has 1 saturated heterocycles. The molecule has 0 unspecified atom stereocenters. The minimum Gasteiger partial charge on any atom is -0.497 e. The third-order valence-electron chi connectivity index (χ3n) is 4.94. The van der Waals surface area contributed by atoms with Crippen molar-refractivity contribution in [2.24, 2.45) is 0 Å². The molecule has 27 heavy (non-hydrogen) atoms. The van der Waals surface area contributed by atoms with Crippen LogP contribution in [0.2, 0.25) is 0 Å². The van der Waals surface area contributed by atoms with Crippen LogP contribution in [0.5, 0.6) is 5.75 Å². The van der Waals surface area contributed by atoms with Crippen molar-refractivity contribution in [2.75, 3.05) is 21.3 Å². The maximum atomic E-state index is 11.7. The summed E-state index contributed by atoms with van der Waals surface area (Å²) >= 11 is 0. The molecule has 0 saturated carbocycles. The summed E-state index contributed by atoms with van der Waals surface area (Å²) in [6.45, 7) is 7.39. The Morgan fingerprint density at radius 1 is 1.11 bits per heavy atom. The lowest BCUT2D eigenvalue weighted by molar-refractivity contribution is -0.447. The standard InChI is InChI=1S/C20H28O7/c1-7-16-18(27-20(3,24-6)19(2,23-5)26-16)17(12-21)25-13-14-8-10-15(22-4)11-9-14/h7-12,16-18H,1,13H2,2-6H3/t16-,17-,18+,19+,20+/m1/s1. The predicted octanol–water partition coefficient (Wildman–Crippen LogP) is 2.47. The molecule has 1 aliphatic rings. The van der Waals surface area contributed by atoms with Crippen molar-refractivity contribution in [3.05, 3.63) is 42.5 Å². The number of carbonyl (C=O) groups is 1. The zero-order valence-electron chi connectivity index (χ0n) is 16.5. The smallest absolute Gasteiger partial charge is 0.220 e. The fraction of sp³-hybridized carbons (Fsp3) is 0.550. The van der Waals surface area contributed by atoms with Crippen LogP contribution in [0.25, 0.3) is 0 Å². The van der Waals surface area contributed by atoms with Gasteiger partial charge in [0.15, 0.2) is 6.29 Å². The SMILES string of the molecule is C=C[C@H]1O[C@](C)(OC)[C@@](C)(OC)O[C@@H]1[C@@H](C=O)OCc1ccc(OC)cc1. The molecule has 0 amide bonds. The van der Waals surface area contributed by atoms with E-state index in [1.54, 1.807) is 27.0 Å². The number of aldehydes is 1. The summed E-state index contributed by atoms with van der Waals surface area (Å²) in [4.78, 5) is 11.7. The number of methoxy groups -OCH3 is 3. The van der Waals surface area contributed by atoms with Crippen LogP contribution in [0.15, 0.2) is 36.9 Å². The zero-order valence-corrected chi connectivity index (χ0v) is 16.5. The maximum Gasteiger partial charge on any atom is 0.220 e. The lowest BCUT2D eigenvalue weighted by Crippen LogP contribution is -2.67. The van der Waals surface area contributed by atoms with E-state index in [0.717, 1.165) is 11.3 Å². The first-order valence-electron chi connectivity index (χ1n) is 8.64. The third-order valence-corrected chi connectivity index (χ3v) is 4.94. The van der Waals surface area contributed by atoms with E-state index >= 15 is 0 Å². The van der Waals surface area contributed by atoms with Gasteiger partial charge in [0, 0.05) is 14.2 Å². The van der Waals surface area contributed by atoms with Gasteiger partial charge in [-0.15, -0.1) is 6.58 Å². The highest BCUT2D eigenvalue weighted by atomic mass is 16.8. The molecule has 0 N–H and O–H groups in total. The maximum absolute atomic E-state index is 11.7. The Balaban J connectivity index is 2.15. The largest absolute Gasteiger partial charge is 0.497 e. The monoisotopic (exact) mass is 380 g/mol. The first kappa shape index (κ1) is 21.5. The van der Waals surface area contributed by atoms with Crippen molar-refractivity contribution in [3.63, 3.8) is 0 Å². The molecule has 0 spiro atoms. The van der Waals surface area contributed by atoms with Gasteiger partial charge >= 0.3 is 0 Å². The van der Waals surface area contributed by atoms with Gasteiger partial charge in [0.1, 0.15) is 24.1 Å². The molecule has 1 heterocycles. The van der Waals surface area contributed by atoms with Gasteiger partial charge in [-0.2, -0.15) is 0 Å². The van der Waals surface area contributed by atoms with Gasteiger partial charge in [-0.05, 0) is 31.5 Å². The van der Waals surface area contributed by atoms with Gasteiger partial charge in [-0.3, -0.25) is 0 Å². The summed E-state index contributed by atoms with van der Waals surface area (Å²) in [6.07, 6.45) is 0.00551. The average Bonchev–Trinajstić information content (AvgIpc) is 2.71. The number of hydrogen-bond donors (Lipinski definition) is 0. The van der Waals surface area contributed by atoms with Crippen LogP contribution in [0.4, 0.5) is 0 Å². The summed E-state index contributed by atoms with van der Waals surface area (Å²) in [5, 5.41) is 0. The van der Waals surface area contributed by atoms with Crippen LogP contribution in [-0.2, 0) is 35.1 Å². The highest BCUT2D eigenvalue weighted by molar-refractivity contribution is 5.57. The minimum atomic E-state index is -1.24. The highest BCUT2D eigenvalue weighted by Gasteiger charge is 2.57. The van der Waals surface area contributed by atoms with E-state index in [1.807, 2.05) is 24.3 Å². The minimum absolute atomic E-state index is 0.225. The lowest BCUT2D eigenvalue weighted by Gasteiger charge is -2.52. The van der Waals surface area contributed by atoms with Crippen LogP contribution in [-0.4, -0.2) is 57.5 Å². The molecule has 1 aromatic carbocycles.